The number of fused-ring (bicyclic) bond motifs is 3. The molecule has 0 saturated heterocycles. The summed E-state index contributed by atoms with van der Waals surface area (Å²) in [6, 6.07) is 14.8. The summed E-state index contributed by atoms with van der Waals surface area (Å²) in [5.74, 6) is 2.71. The van der Waals surface area contributed by atoms with E-state index >= 15 is 0 Å². The second-order valence-corrected chi connectivity index (χ2v) is 7.69. The summed E-state index contributed by atoms with van der Waals surface area (Å²) in [6.45, 7) is 1.95. The van der Waals surface area contributed by atoms with E-state index in [1.807, 2.05) is 0 Å². The number of carbonyl (C=O) groups is 2. The molecule has 0 bridgehead atoms. The fourth-order valence-electron chi connectivity index (χ4n) is 3.45. The molecule has 192 valence electrons. The Hall–Kier alpha value is -5.00. The smallest absolute Gasteiger partial charge is 0.387 e. The van der Waals surface area contributed by atoms with Crippen LogP contribution in [0.5, 0.6) is 46.0 Å². The van der Waals surface area contributed by atoms with Crippen molar-refractivity contribution in [1.29, 1.82) is 0 Å². The second-order valence-electron chi connectivity index (χ2n) is 7.69. The summed E-state index contributed by atoms with van der Waals surface area (Å²) in [6.07, 6.45) is -1.54. The molecule has 0 aromatic heterocycles. The molecule has 0 saturated carbocycles. The third-order valence-corrected chi connectivity index (χ3v) is 5.07. The van der Waals surface area contributed by atoms with E-state index in [-0.39, 0.29) is 37.8 Å². The second kappa shape index (κ2) is 10.3. The molecule has 3 heterocycles. The number of nitrogens with one attached hydrogen (secondary N) is 1. The van der Waals surface area contributed by atoms with E-state index in [4.69, 9.17) is 37.9 Å². The van der Waals surface area contributed by atoms with Crippen LogP contribution >= 0.6 is 0 Å². The molecule has 0 aliphatic carbocycles. The first-order valence-electron chi connectivity index (χ1n) is 11.0. The molecule has 0 spiro atoms. The van der Waals surface area contributed by atoms with Gasteiger partial charge in [0.15, 0.2) is 34.5 Å². The number of aliphatic carboxylic acids is 1. The van der Waals surface area contributed by atoms with Gasteiger partial charge in [-0.2, -0.15) is 0 Å². The lowest BCUT2D eigenvalue weighted by molar-refractivity contribution is -0.158. The van der Waals surface area contributed by atoms with E-state index < -0.39 is 12.3 Å². The van der Waals surface area contributed by atoms with Gasteiger partial charge in [-0.3, -0.25) is 4.79 Å². The van der Waals surface area contributed by atoms with Gasteiger partial charge < -0.3 is 48.3 Å². The van der Waals surface area contributed by atoms with Gasteiger partial charge in [0, 0.05) is 30.8 Å². The van der Waals surface area contributed by atoms with Crippen molar-refractivity contribution in [2.75, 3.05) is 25.7 Å². The minimum absolute atomic E-state index is 0.0983. The van der Waals surface area contributed by atoms with Crippen LogP contribution in [0.25, 0.3) is 0 Å². The van der Waals surface area contributed by atoms with Crippen molar-refractivity contribution in [3.8, 4) is 46.0 Å². The molecule has 0 unspecified atom stereocenters. The maximum absolute atomic E-state index is 11.4. The monoisotopic (exact) mass is 511 g/mol. The van der Waals surface area contributed by atoms with Crippen LogP contribution < -0.4 is 43.2 Å². The van der Waals surface area contributed by atoms with Crippen LogP contribution in [0.4, 0.5) is 5.69 Å². The van der Waals surface area contributed by atoms with Crippen LogP contribution in [0.3, 0.4) is 0 Å². The third-order valence-electron chi connectivity index (χ3n) is 5.07. The van der Waals surface area contributed by atoms with Crippen molar-refractivity contribution in [1.82, 2.24) is 0 Å². The Labute approximate surface area is 210 Å². The van der Waals surface area contributed by atoms with Crippen molar-refractivity contribution in [2.24, 2.45) is 0 Å². The zero-order valence-electron chi connectivity index (χ0n) is 19.4. The molecular formula is C25H21NO11. The van der Waals surface area contributed by atoms with Gasteiger partial charge in [0.2, 0.25) is 26.3 Å². The topological polar surface area (TPSA) is 140 Å². The minimum atomic E-state index is -1.54. The highest BCUT2D eigenvalue weighted by molar-refractivity contribution is 5.89. The Kier molecular flexibility index (Phi) is 6.62. The van der Waals surface area contributed by atoms with Crippen molar-refractivity contribution in [3.05, 3.63) is 54.6 Å². The van der Waals surface area contributed by atoms with Crippen LogP contribution in [0, 0.1) is 0 Å². The quantitative estimate of drug-likeness (QED) is 0.471. The van der Waals surface area contributed by atoms with Crippen molar-refractivity contribution >= 4 is 17.6 Å². The molecule has 1 amide bonds. The van der Waals surface area contributed by atoms with E-state index in [0.717, 1.165) is 5.69 Å². The number of carboxylic acid groups (broad SMARTS) is 1. The summed E-state index contributed by atoms with van der Waals surface area (Å²) in [7, 11) is 0. The maximum Gasteiger partial charge on any atom is 0.387 e. The normalized spacial score (nSPS) is 13.5. The lowest BCUT2D eigenvalue weighted by Gasteiger charge is -2.17. The molecule has 12 nitrogen and oxygen atoms in total. The predicted octanol–water partition coefficient (Wildman–Crippen LogP) is 3.39. The lowest BCUT2D eigenvalue weighted by Crippen LogP contribution is -2.33. The first-order chi connectivity index (χ1) is 17.9. The highest BCUT2D eigenvalue weighted by Crippen LogP contribution is 2.37. The van der Waals surface area contributed by atoms with Gasteiger partial charge in [0.1, 0.15) is 11.5 Å². The number of rotatable bonds is 6. The average Bonchev–Trinajstić information content (AvgIpc) is 3.63. The highest BCUT2D eigenvalue weighted by Gasteiger charge is 2.24. The van der Waals surface area contributed by atoms with E-state index in [0.29, 0.717) is 34.5 Å². The molecule has 0 atom stereocenters. The zero-order valence-corrected chi connectivity index (χ0v) is 19.4. The van der Waals surface area contributed by atoms with Gasteiger partial charge in [-0.25, -0.2) is 4.79 Å². The molecule has 3 aliphatic heterocycles. The minimum Gasteiger partial charge on any atom is -0.476 e. The number of amides is 1. The van der Waals surface area contributed by atoms with Gasteiger partial charge >= 0.3 is 12.3 Å². The molecule has 3 aliphatic rings. The predicted molar refractivity (Wildman–Crippen MR) is 125 cm³/mol. The van der Waals surface area contributed by atoms with Crippen molar-refractivity contribution < 1.29 is 52.6 Å². The lowest BCUT2D eigenvalue weighted by atomic mass is 10.3. The molecule has 0 fully saturated rings. The first-order valence-corrected chi connectivity index (χ1v) is 11.0. The van der Waals surface area contributed by atoms with E-state index in [1.165, 1.54) is 6.92 Å². The average molecular weight is 511 g/mol. The number of anilines is 1. The summed E-state index contributed by atoms with van der Waals surface area (Å²) < 4.78 is 41.9. The Morgan fingerprint density at radius 2 is 1.14 bits per heavy atom. The molecule has 2 N–H and O–H groups in total. The highest BCUT2D eigenvalue weighted by atomic mass is 16.7. The van der Waals surface area contributed by atoms with E-state index in [9.17, 15) is 14.7 Å². The summed E-state index contributed by atoms with van der Waals surface area (Å²) in [5.41, 5.74) is 0.719. The molecule has 6 rings (SSSR count). The Bertz CT molecular complexity index is 1270. The molecule has 37 heavy (non-hydrogen) atoms. The first kappa shape index (κ1) is 23.7. The van der Waals surface area contributed by atoms with Gasteiger partial charge in [0.05, 0.1) is 0 Å². The molecule has 3 aromatic carbocycles. The number of hydrogen-bond acceptors (Lipinski definition) is 10. The number of carboxylic acids is 1. The fourth-order valence-corrected chi connectivity index (χ4v) is 3.45. The number of carbonyl (C=O) groups excluding carboxylic acids is 1. The summed E-state index contributed by atoms with van der Waals surface area (Å²) in [5, 5.41) is 12.0. The largest absolute Gasteiger partial charge is 0.476 e. The number of benzene rings is 3. The van der Waals surface area contributed by atoms with Crippen LogP contribution in [-0.4, -0.2) is 43.7 Å². The van der Waals surface area contributed by atoms with Crippen molar-refractivity contribution in [3.63, 3.8) is 0 Å². The summed E-state index contributed by atoms with van der Waals surface area (Å²) >= 11 is 0. The third kappa shape index (κ3) is 5.64. The Balaban J connectivity index is 0.000000182. The number of ether oxygens (including phenoxy) is 8. The van der Waals surface area contributed by atoms with Gasteiger partial charge in [-0.1, -0.05) is 0 Å². The molecule has 0 radical (unpaired) electrons. The Morgan fingerprint density at radius 1 is 0.703 bits per heavy atom. The zero-order chi connectivity index (χ0) is 25.8. The standard InChI is InChI=1S/C16H12O8.C9H9NO3/c17-15(18)16(23-9-1-3-11-13(5-9)21-7-19-11)24-10-2-4-12-14(6-10)22-8-20-12;1-6(11)10-7-2-3-8-9(4-7)13-5-12-8/h1-6,16H,7-8H2,(H,17,18);2-4H,5H2,1H3,(H,10,11). The van der Waals surface area contributed by atoms with Crippen LogP contribution in [0.15, 0.2) is 54.6 Å². The summed E-state index contributed by atoms with van der Waals surface area (Å²) in [4.78, 5) is 22.1. The number of hydrogen-bond donors (Lipinski definition) is 2. The van der Waals surface area contributed by atoms with Crippen molar-refractivity contribution in [2.45, 2.75) is 13.2 Å². The van der Waals surface area contributed by atoms with Gasteiger partial charge in [-0.05, 0) is 36.4 Å². The molecule has 12 heteroatoms. The van der Waals surface area contributed by atoms with E-state index in [1.54, 1.807) is 54.6 Å². The van der Waals surface area contributed by atoms with Crippen LogP contribution in [0.2, 0.25) is 0 Å². The van der Waals surface area contributed by atoms with Gasteiger partial charge in [-0.15, -0.1) is 0 Å². The maximum atomic E-state index is 11.4. The van der Waals surface area contributed by atoms with E-state index in [2.05, 4.69) is 5.32 Å². The fraction of sp³-hybridized carbons (Fsp3) is 0.200. The van der Waals surface area contributed by atoms with Crippen LogP contribution in [-0.2, 0) is 9.59 Å². The molecular weight excluding hydrogens is 490 g/mol. The molecule has 3 aromatic rings. The van der Waals surface area contributed by atoms with Crippen LogP contribution in [0.1, 0.15) is 6.92 Å². The Morgan fingerprint density at radius 3 is 1.59 bits per heavy atom. The van der Waals surface area contributed by atoms with Gasteiger partial charge in [0.25, 0.3) is 0 Å². The SMILES string of the molecule is CC(=O)Nc1ccc2c(c1)OCO2.O=C(O)C(Oc1ccc2c(c1)OCO2)Oc1ccc2c(c1)OCO2.